The molecule has 1 aliphatic heterocycles. The van der Waals surface area contributed by atoms with Crippen LogP contribution in [0.25, 0.3) is 16.8 Å². The number of H-pyrrole nitrogens is 1. The van der Waals surface area contributed by atoms with E-state index in [2.05, 4.69) is 30.9 Å². The summed E-state index contributed by atoms with van der Waals surface area (Å²) < 4.78 is 5.84. The molecule has 2 aromatic carbocycles. The molecule has 0 radical (unpaired) electrons. The predicted octanol–water partition coefficient (Wildman–Crippen LogP) is 4.36. The molecule has 1 aliphatic rings. The van der Waals surface area contributed by atoms with E-state index in [0.717, 1.165) is 5.52 Å². The van der Waals surface area contributed by atoms with Gasteiger partial charge >= 0.3 is 5.91 Å². The third-order valence-corrected chi connectivity index (χ3v) is 6.09. The highest BCUT2D eigenvalue weighted by molar-refractivity contribution is 9.10. The topological polar surface area (TPSA) is 108 Å². The molecule has 9 heteroatoms. The summed E-state index contributed by atoms with van der Waals surface area (Å²) in [6.45, 7) is 0. The number of aromatic amines is 1. The number of aliphatic hydroxyl groups excluding tert-OH is 1. The van der Waals surface area contributed by atoms with Crippen molar-refractivity contribution in [3.05, 3.63) is 88.2 Å². The van der Waals surface area contributed by atoms with Crippen molar-refractivity contribution in [2.45, 2.75) is 6.04 Å². The SMILES string of the molecule is COc1ccc(/C(O)=C2\C(=O)C(=O)N(c3nc4ccccc4[nH]3)C2c2cccnc2)cc1Br. The fourth-order valence-electron chi connectivity index (χ4n) is 3.93. The smallest absolute Gasteiger partial charge is 0.302 e. The monoisotopic (exact) mass is 504 g/mol. The summed E-state index contributed by atoms with van der Waals surface area (Å²) in [7, 11) is 1.53. The number of benzene rings is 2. The van der Waals surface area contributed by atoms with Gasteiger partial charge in [-0.25, -0.2) is 4.98 Å². The molecular weight excluding hydrogens is 488 g/mol. The number of amides is 1. The Morgan fingerprint density at radius 2 is 1.97 bits per heavy atom. The van der Waals surface area contributed by atoms with E-state index < -0.39 is 17.7 Å². The van der Waals surface area contributed by atoms with Crippen molar-refractivity contribution < 1.29 is 19.4 Å². The van der Waals surface area contributed by atoms with Crippen LogP contribution in [-0.4, -0.2) is 38.9 Å². The summed E-state index contributed by atoms with van der Waals surface area (Å²) >= 11 is 3.39. The van der Waals surface area contributed by atoms with Crippen LogP contribution in [0.5, 0.6) is 5.75 Å². The number of aromatic nitrogens is 3. The van der Waals surface area contributed by atoms with Crippen LogP contribution in [0.3, 0.4) is 0 Å². The van der Waals surface area contributed by atoms with Gasteiger partial charge in [0.15, 0.2) is 0 Å². The lowest BCUT2D eigenvalue weighted by Gasteiger charge is -2.22. The molecule has 33 heavy (non-hydrogen) atoms. The summed E-state index contributed by atoms with van der Waals surface area (Å²) in [5, 5.41) is 11.2. The van der Waals surface area contributed by atoms with Gasteiger partial charge in [-0.1, -0.05) is 18.2 Å². The van der Waals surface area contributed by atoms with E-state index >= 15 is 0 Å². The molecular formula is C24H17BrN4O4. The average molecular weight is 505 g/mol. The van der Waals surface area contributed by atoms with E-state index in [0.29, 0.717) is 26.9 Å². The maximum Gasteiger partial charge on any atom is 0.302 e. The zero-order chi connectivity index (χ0) is 23.1. The number of carbonyl (C=O) groups excluding carboxylic acids is 2. The van der Waals surface area contributed by atoms with E-state index in [4.69, 9.17) is 4.74 Å². The number of methoxy groups -OCH3 is 1. The van der Waals surface area contributed by atoms with E-state index in [9.17, 15) is 14.7 Å². The Labute approximate surface area is 196 Å². The quantitative estimate of drug-likeness (QED) is 0.243. The molecule has 0 aliphatic carbocycles. The highest BCUT2D eigenvalue weighted by atomic mass is 79.9. The number of nitrogens with zero attached hydrogens (tertiary/aromatic N) is 3. The molecule has 1 amide bonds. The van der Waals surface area contributed by atoms with Crippen molar-refractivity contribution in [3.8, 4) is 5.75 Å². The number of imidazole rings is 1. The Morgan fingerprint density at radius 1 is 1.15 bits per heavy atom. The Kier molecular flexibility index (Phi) is 5.18. The van der Waals surface area contributed by atoms with Crippen molar-refractivity contribution in [1.29, 1.82) is 0 Å². The number of Topliss-reactive ketones (excluding diaryl/α,β-unsaturated/α-hetero) is 1. The second-order valence-corrected chi connectivity index (χ2v) is 8.24. The zero-order valence-electron chi connectivity index (χ0n) is 17.3. The van der Waals surface area contributed by atoms with Crippen LogP contribution in [0.4, 0.5) is 5.95 Å². The minimum absolute atomic E-state index is 0.0504. The molecule has 2 aromatic heterocycles. The molecule has 2 N–H and O–H groups in total. The second kappa shape index (κ2) is 8.18. The Morgan fingerprint density at radius 3 is 2.67 bits per heavy atom. The molecule has 0 spiro atoms. The van der Waals surface area contributed by atoms with Crippen molar-refractivity contribution in [2.75, 3.05) is 12.0 Å². The summed E-state index contributed by atoms with van der Waals surface area (Å²) in [6, 6.07) is 14.8. The number of nitrogens with one attached hydrogen (secondary N) is 1. The molecule has 1 fully saturated rings. The predicted molar refractivity (Wildman–Crippen MR) is 126 cm³/mol. The van der Waals surface area contributed by atoms with E-state index in [1.165, 1.54) is 12.0 Å². The number of hydrogen-bond acceptors (Lipinski definition) is 6. The van der Waals surface area contributed by atoms with Gasteiger partial charge in [0, 0.05) is 18.0 Å². The van der Waals surface area contributed by atoms with E-state index in [-0.39, 0.29) is 17.3 Å². The maximum atomic E-state index is 13.2. The van der Waals surface area contributed by atoms with Gasteiger partial charge in [-0.2, -0.15) is 0 Å². The lowest BCUT2D eigenvalue weighted by molar-refractivity contribution is -0.132. The highest BCUT2D eigenvalue weighted by Crippen LogP contribution is 2.42. The second-order valence-electron chi connectivity index (χ2n) is 7.38. The average Bonchev–Trinajstić information content (AvgIpc) is 3.37. The van der Waals surface area contributed by atoms with E-state index in [1.54, 1.807) is 48.8 Å². The van der Waals surface area contributed by atoms with Gasteiger partial charge in [-0.15, -0.1) is 0 Å². The number of ketones is 1. The van der Waals surface area contributed by atoms with Crippen LogP contribution < -0.4 is 9.64 Å². The largest absolute Gasteiger partial charge is 0.507 e. The minimum atomic E-state index is -0.917. The Hall–Kier alpha value is -3.98. The van der Waals surface area contributed by atoms with Gasteiger partial charge in [0.05, 0.1) is 34.2 Å². The first-order valence-electron chi connectivity index (χ1n) is 9.99. The number of carbonyl (C=O) groups is 2. The number of hydrogen-bond donors (Lipinski definition) is 2. The van der Waals surface area contributed by atoms with Crippen LogP contribution in [0.2, 0.25) is 0 Å². The first-order valence-corrected chi connectivity index (χ1v) is 10.8. The van der Waals surface area contributed by atoms with Gasteiger partial charge in [0.2, 0.25) is 5.95 Å². The first kappa shape index (κ1) is 20.9. The molecule has 0 saturated carbocycles. The lowest BCUT2D eigenvalue weighted by atomic mass is 9.96. The van der Waals surface area contributed by atoms with Gasteiger partial charge in [-0.3, -0.25) is 19.5 Å². The third-order valence-electron chi connectivity index (χ3n) is 5.47. The van der Waals surface area contributed by atoms with Gasteiger partial charge in [0.25, 0.3) is 5.78 Å². The van der Waals surface area contributed by atoms with Crippen molar-refractivity contribution in [2.24, 2.45) is 0 Å². The van der Waals surface area contributed by atoms with Gasteiger partial charge in [0.1, 0.15) is 11.5 Å². The Bertz CT molecular complexity index is 1400. The highest BCUT2D eigenvalue weighted by Gasteiger charge is 2.48. The molecule has 1 atom stereocenters. The summed E-state index contributed by atoms with van der Waals surface area (Å²) in [6.07, 6.45) is 3.15. The molecule has 8 nitrogen and oxygen atoms in total. The van der Waals surface area contributed by atoms with Crippen LogP contribution in [0.15, 0.2) is 77.0 Å². The van der Waals surface area contributed by atoms with Gasteiger partial charge in [-0.05, 0) is 57.9 Å². The van der Waals surface area contributed by atoms with Crippen LogP contribution in [0, 0.1) is 0 Å². The summed E-state index contributed by atoms with van der Waals surface area (Å²) in [5.41, 5.74) is 2.24. The number of rotatable bonds is 4. The van der Waals surface area contributed by atoms with Gasteiger partial charge < -0.3 is 14.8 Å². The van der Waals surface area contributed by atoms with Crippen LogP contribution >= 0.6 is 15.9 Å². The van der Waals surface area contributed by atoms with Crippen molar-refractivity contribution in [3.63, 3.8) is 0 Å². The van der Waals surface area contributed by atoms with E-state index in [1.807, 2.05) is 18.2 Å². The first-order chi connectivity index (χ1) is 16.0. The maximum absolute atomic E-state index is 13.2. The fourth-order valence-corrected chi connectivity index (χ4v) is 4.47. The number of fused-ring (bicyclic) bond motifs is 1. The number of pyridine rings is 1. The number of anilines is 1. The number of aliphatic hydroxyl groups is 1. The number of para-hydroxylation sites is 2. The molecule has 5 rings (SSSR count). The molecule has 164 valence electrons. The molecule has 3 heterocycles. The van der Waals surface area contributed by atoms with Crippen LogP contribution in [-0.2, 0) is 9.59 Å². The molecule has 0 bridgehead atoms. The molecule has 1 unspecified atom stereocenters. The minimum Gasteiger partial charge on any atom is -0.507 e. The Balaban J connectivity index is 1.72. The summed E-state index contributed by atoms with van der Waals surface area (Å²) in [5.74, 6) is -1.13. The normalized spacial score (nSPS) is 17.6. The number of ether oxygens (including phenoxy) is 1. The van der Waals surface area contributed by atoms with Crippen molar-refractivity contribution >= 4 is 50.4 Å². The fraction of sp³-hybridized carbons (Fsp3) is 0.0833. The van der Waals surface area contributed by atoms with Crippen LogP contribution in [0.1, 0.15) is 17.2 Å². The zero-order valence-corrected chi connectivity index (χ0v) is 18.9. The standard InChI is InChI=1S/C24H17BrN4O4/c1-33-18-9-8-13(11-15(18)25)21(30)19-20(14-5-4-10-26-12-14)29(23(32)22(19)31)24-27-16-6-2-3-7-17(16)28-24/h2-12,20,30H,1H3,(H,27,28)/b21-19+. The third kappa shape index (κ3) is 3.46. The number of halogens is 1. The summed E-state index contributed by atoms with van der Waals surface area (Å²) in [4.78, 5) is 39.4. The molecule has 4 aromatic rings. The molecule has 1 saturated heterocycles. The lowest BCUT2D eigenvalue weighted by Crippen LogP contribution is -2.30. The van der Waals surface area contributed by atoms with Crippen molar-refractivity contribution in [1.82, 2.24) is 15.0 Å².